The SMILES string of the molecule is CC1c2cc(-c3ccccc3)c(N)c(O)c2C(=O)C2C(=O)C3(O)C(=O)C(C(N)=O)C(=O)[C@@H](N(C)C)C3C(O)C21. The number of hydrogen-bond acceptors (Lipinski definition) is 10. The summed E-state index contributed by atoms with van der Waals surface area (Å²) in [6, 6.07) is 9.09. The van der Waals surface area contributed by atoms with Crippen molar-refractivity contribution in [2.45, 2.75) is 30.6 Å². The van der Waals surface area contributed by atoms with Crippen LogP contribution in [0.5, 0.6) is 5.75 Å². The number of carbonyl (C=O) groups is 5. The van der Waals surface area contributed by atoms with E-state index in [1.165, 1.54) is 19.0 Å². The van der Waals surface area contributed by atoms with Crippen molar-refractivity contribution in [1.82, 2.24) is 4.90 Å². The molecule has 0 aromatic heterocycles. The van der Waals surface area contributed by atoms with E-state index < -0.39 is 82.1 Å². The number of phenolic OH excluding ortho intramolecular Hbond substituents is 1. The van der Waals surface area contributed by atoms with Crippen molar-refractivity contribution in [1.29, 1.82) is 0 Å². The molecule has 0 radical (unpaired) electrons. The minimum atomic E-state index is -3.04. The zero-order chi connectivity index (χ0) is 28.7. The van der Waals surface area contributed by atoms with Gasteiger partial charge in [0.1, 0.15) is 5.75 Å². The average Bonchev–Trinajstić information content (AvgIpc) is 2.88. The number of phenols is 1. The molecule has 2 fully saturated rings. The van der Waals surface area contributed by atoms with Gasteiger partial charge in [-0.25, -0.2) is 0 Å². The first-order chi connectivity index (χ1) is 18.3. The van der Waals surface area contributed by atoms with Gasteiger partial charge < -0.3 is 26.8 Å². The minimum absolute atomic E-state index is 0.0971. The summed E-state index contributed by atoms with van der Waals surface area (Å²) in [5.41, 5.74) is 9.59. The van der Waals surface area contributed by atoms with E-state index >= 15 is 0 Å². The van der Waals surface area contributed by atoms with Gasteiger partial charge in [-0.15, -0.1) is 0 Å². The maximum atomic E-state index is 14.0. The molecule has 1 amide bonds. The van der Waals surface area contributed by atoms with Gasteiger partial charge in [-0.1, -0.05) is 37.3 Å². The number of nitrogens with zero attached hydrogens (tertiary/aromatic N) is 1. The molecule has 7 N–H and O–H groups in total. The predicted octanol–water partition coefficient (Wildman–Crippen LogP) is -0.352. The topological polar surface area (TPSA) is 201 Å². The van der Waals surface area contributed by atoms with Gasteiger partial charge in [-0.3, -0.25) is 28.9 Å². The van der Waals surface area contributed by atoms with Crippen molar-refractivity contribution < 1.29 is 39.3 Å². The van der Waals surface area contributed by atoms with Gasteiger partial charge in [-0.2, -0.15) is 0 Å². The molecule has 11 nitrogen and oxygen atoms in total. The summed E-state index contributed by atoms with van der Waals surface area (Å²) >= 11 is 0. The third kappa shape index (κ3) is 3.36. The molecule has 0 bridgehead atoms. The number of rotatable bonds is 3. The zero-order valence-corrected chi connectivity index (χ0v) is 21.5. The lowest BCUT2D eigenvalue weighted by molar-refractivity contribution is -0.196. The largest absolute Gasteiger partial charge is 0.505 e. The first kappa shape index (κ1) is 26.7. The first-order valence-electron chi connectivity index (χ1n) is 12.5. The molecule has 2 saturated carbocycles. The number of aliphatic hydroxyl groups is 2. The summed E-state index contributed by atoms with van der Waals surface area (Å²) in [5.74, 6) is -13.9. The van der Waals surface area contributed by atoms with Crippen LogP contribution < -0.4 is 11.5 Å². The van der Waals surface area contributed by atoms with Crippen molar-refractivity contribution >= 4 is 34.7 Å². The lowest BCUT2D eigenvalue weighted by atomic mass is 9.49. The molecule has 0 spiro atoms. The van der Waals surface area contributed by atoms with E-state index in [0.717, 1.165) is 0 Å². The second-order valence-corrected chi connectivity index (χ2v) is 10.9. The van der Waals surface area contributed by atoms with Crippen molar-refractivity contribution in [3.05, 3.63) is 47.5 Å². The van der Waals surface area contributed by atoms with Crippen LogP contribution in [0.15, 0.2) is 36.4 Å². The quantitative estimate of drug-likeness (QED) is 0.196. The van der Waals surface area contributed by atoms with E-state index in [9.17, 15) is 39.3 Å². The number of hydrogen-bond donors (Lipinski definition) is 5. The number of Topliss-reactive ketones (excluding diaryl/α,β-unsaturated/α-hetero) is 4. The number of aromatic hydroxyl groups is 1. The average molecular weight is 536 g/mol. The highest BCUT2D eigenvalue weighted by atomic mass is 16.3. The van der Waals surface area contributed by atoms with E-state index in [2.05, 4.69) is 0 Å². The molecule has 39 heavy (non-hydrogen) atoms. The molecular weight excluding hydrogens is 506 g/mol. The fourth-order valence-electron chi connectivity index (χ4n) is 6.92. The van der Waals surface area contributed by atoms with Gasteiger partial charge in [0.15, 0.2) is 34.7 Å². The number of nitrogen functional groups attached to an aromatic ring is 1. The van der Waals surface area contributed by atoms with Gasteiger partial charge in [-0.05, 0) is 37.2 Å². The lowest BCUT2D eigenvalue weighted by Crippen LogP contribution is -2.77. The Balaban J connectivity index is 1.73. The van der Waals surface area contributed by atoms with E-state index in [1.807, 2.05) is 0 Å². The van der Waals surface area contributed by atoms with Crippen LogP contribution in [-0.2, 0) is 19.2 Å². The third-order valence-electron chi connectivity index (χ3n) is 8.73. The normalized spacial score (nSPS) is 33.9. The Hall–Kier alpha value is -3.93. The van der Waals surface area contributed by atoms with Crippen molar-refractivity contribution in [2.24, 2.45) is 29.4 Å². The summed E-state index contributed by atoms with van der Waals surface area (Å²) in [6.07, 6.45) is -1.70. The summed E-state index contributed by atoms with van der Waals surface area (Å²) in [5, 5.41) is 34.4. The molecular formula is C28H29N3O8. The standard InChI is InChI=1S/C28H29N3O8/c1-10-12-9-13(11-7-5-4-6-8-11)19(29)23(34)15(12)21(32)16-14(10)22(33)18-20(31(2)3)24(35)17(27(30)38)26(37)28(18,39)25(16)36/h4-10,14,16-18,20,22,33-34,39H,29H2,1-3H3,(H2,30,38)/t10?,14?,16?,17?,18?,20-,22?,28?/m0/s1. The van der Waals surface area contributed by atoms with Gasteiger partial charge >= 0.3 is 0 Å². The number of nitrogens with two attached hydrogens (primary N) is 2. The van der Waals surface area contributed by atoms with Crippen LogP contribution in [0.25, 0.3) is 11.1 Å². The second kappa shape index (κ2) is 8.80. The Morgan fingerprint density at radius 1 is 1.05 bits per heavy atom. The number of benzene rings is 2. The number of primary amides is 1. The Morgan fingerprint density at radius 3 is 2.23 bits per heavy atom. The van der Waals surface area contributed by atoms with E-state index in [1.54, 1.807) is 43.3 Å². The Labute approximate surface area is 223 Å². The third-order valence-corrected chi connectivity index (χ3v) is 8.73. The number of amides is 1. The fraction of sp³-hybridized carbons (Fsp3) is 0.393. The molecule has 0 heterocycles. The molecule has 0 saturated heterocycles. The van der Waals surface area contributed by atoms with Gasteiger partial charge in [0.2, 0.25) is 5.91 Å². The summed E-state index contributed by atoms with van der Waals surface area (Å²) in [7, 11) is 2.88. The molecule has 8 atom stereocenters. The highest BCUT2D eigenvalue weighted by Crippen LogP contribution is 2.55. The van der Waals surface area contributed by atoms with Crippen LogP contribution in [0.4, 0.5) is 5.69 Å². The molecule has 3 aliphatic rings. The van der Waals surface area contributed by atoms with E-state index in [4.69, 9.17) is 11.5 Å². The Kier molecular flexibility index (Phi) is 6.02. The lowest BCUT2D eigenvalue weighted by Gasteiger charge is -2.56. The van der Waals surface area contributed by atoms with Crippen molar-refractivity contribution in [3.63, 3.8) is 0 Å². The Morgan fingerprint density at radius 2 is 1.67 bits per heavy atom. The zero-order valence-electron chi connectivity index (χ0n) is 21.5. The molecule has 7 unspecified atom stereocenters. The molecule has 2 aromatic carbocycles. The second-order valence-electron chi connectivity index (χ2n) is 10.9. The molecule has 3 aliphatic carbocycles. The van der Waals surface area contributed by atoms with Gasteiger partial charge in [0.25, 0.3) is 0 Å². The maximum absolute atomic E-state index is 14.0. The monoisotopic (exact) mass is 535 g/mol. The summed E-state index contributed by atoms with van der Waals surface area (Å²) in [4.78, 5) is 67.9. The number of likely N-dealkylation sites (N-methyl/N-ethyl adjacent to an activating group) is 1. The van der Waals surface area contributed by atoms with Crippen LogP contribution in [0.3, 0.4) is 0 Å². The number of fused-ring (bicyclic) bond motifs is 3. The van der Waals surface area contributed by atoms with Crippen LogP contribution in [0, 0.1) is 23.7 Å². The number of anilines is 1. The molecule has 204 valence electrons. The number of aliphatic hydroxyl groups excluding tert-OH is 1. The molecule has 5 rings (SSSR count). The summed E-state index contributed by atoms with van der Waals surface area (Å²) in [6.45, 7) is 1.65. The first-order valence-corrected chi connectivity index (χ1v) is 12.5. The molecule has 2 aromatic rings. The smallest absolute Gasteiger partial charge is 0.235 e. The maximum Gasteiger partial charge on any atom is 0.235 e. The molecule has 0 aliphatic heterocycles. The van der Waals surface area contributed by atoms with E-state index in [-0.39, 0.29) is 11.3 Å². The number of ketones is 4. The van der Waals surface area contributed by atoms with Crippen molar-refractivity contribution in [3.8, 4) is 16.9 Å². The summed E-state index contributed by atoms with van der Waals surface area (Å²) < 4.78 is 0. The van der Waals surface area contributed by atoms with Crippen molar-refractivity contribution in [2.75, 3.05) is 19.8 Å². The van der Waals surface area contributed by atoms with Crippen LogP contribution >= 0.6 is 0 Å². The van der Waals surface area contributed by atoms with Gasteiger partial charge in [0, 0.05) is 11.5 Å². The highest BCUT2D eigenvalue weighted by molar-refractivity contribution is 6.32. The van der Waals surface area contributed by atoms with Crippen LogP contribution in [-0.4, -0.2) is 81.1 Å². The minimum Gasteiger partial charge on any atom is -0.505 e. The Bertz CT molecular complexity index is 1450. The predicted molar refractivity (Wildman–Crippen MR) is 137 cm³/mol. The van der Waals surface area contributed by atoms with Crippen LogP contribution in [0.2, 0.25) is 0 Å². The fourth-order valence-corrected chi connectivity index (χ4v) is 6.92. The van der Waals surface area contributed by atoms with E-state index in [0.29, 0.717) is 16.7 Å². The number of carbonyl (C=O) groups excluding carboxylic acids is 5. The van der Waals surface area contributed by atoms with Crippen LogP contribution in [0.1, 0.15) is 28.8 Å². The highest BCUT2D eigenvalue weighted by Gasteiger charge is 2.72. The van der Waals surface area contributed by atoms with Gasteiger partial charge in [0.05, 0.1) is 35.2 Å². The molecule has 11 heteroatoms.